The van der Waals surface area contributed by atoms with Crippen molar-refractivity contribution < 1.29 is 5.11 Å². The lowest BCUT2D eigenvalue weighted by atomic mass is 9.98. The molecule has 2 heterocycles. The molecular formula is C24H31N5O. The molecule has 0 unspecified atom stereocenters. The van der Waals surface area contributed by atoms with E-state index in [1.165, 1.54) is 11.1 Å². The molecule has 0 fully saturated rings. The average molecular weight is 406 g/mol. The number of nitrogens with one attached hydrogen (secondary N) is 2. The predicted molar refractivity (Wildman–Crippen MR) is 123 cm³/mol. The molecule has 3 aromatic rings. The Morgan fingerprint density at radius 1 is 0.967 bits per heavy atom. The van der Waals surface area contributed by atoms with Crippen LogP contribution in [0.3, 0.4) is 0 Å². The number of pyridine rings is 1. The molecule has 0 spiro atoms. The summed E-state index contributed by atoms with van der Waals surface area (Å²) in [5.41, 5.74) is 5.03. The van der Waals surface area contributed by atoms with Crippen molar-refractivity contribution in [1.29, 1.82) is 0 Å². The van der Waals surface area contributed by atoms with E-state index < -0.39 is 0 Å². The van der Waals surface area contributed by atoms with Gasteiger partial charge in [0.1, 0.15) is 5.82 Å². The first-order valence-electron chi connectivity index (χ1n) is 10.4. The van der Waals surface area contributed by atoms with Crippen LogP contribution < -0.4 is 10.6 Å². The summed E-state index contributed by atoms with van der Waals surface area (Å²) in [5.74, 6) is 1.85. The average Bonchev–Trinajstić information content (AvgIpc) is 2.72. The summed E-state index contributed by atoms with van der Waals surface area (Å²) in [4.78, 5) is 13.7. The molecule has 0 aliphatic carbocycles. The van der Waals surface area contributed by atoms with Crippen molar-refractivity contribution in [3.63, 3.8) is 0 Å². The van der Waals surface area contributed by atoms with Crippen molar-refractivity contribution in [2.24, 2.45) is 5.92 Å². The molecule has 0 aliphatic rings. The summed E-state index contributed by atoms with van der Waals surface area (Å²) in [5, 5.41) is 16.4. The number of hydrogen-bond donors (Lipinski definition) is 3. The third kappa shape index (κ3) is 5.33. The van der Waals surface area contributed by atoms with Crippen LogP contribution in [0.5, 0.6) is 0 Å². The second-order valence-corrected chi connectivity index (χ2v) is 8.21. The van der Waals surface area contributed by atoms with Crippen LogP contribution in [-0.4, -0.2) is 32.7 Å². The van der Waals surface area contributed by atoms with Gasteiger partial charge in [0.25, 0.3) is 0 Å². The Bertz CT molecular complexity index is 973. The summed E-state index contributed by atoms with van der Waals surface area (Å²) >= 11 is 0. The fraction of sp³-hybridized carbons (Fsp3) is 0.375. The lowest BCUT2D eigenvalue weighted by molar-refractivity contribution is 0.248. The highest BCUT2D eigenvalue weighted by Crippen LogP contribution is 2.26. The first kappa shape index (κ1) is 21.7. The minimum Gasteiger partial charge on any atom is -0.394 e. The van der Waals surface area contributed by atoms with Gasteiger partial charge in [-0.05, 0) is 54.2 Å². The first-order valence-corrected chi connectivity index (χ1v) is 10.4. The zero-order valence-electron chi connectivity index (χ0n) is 18.3. The Kier molecular flexibility index (Phi) is 7.00. The highest BCUT2D eigenvalue weighted by atomic mass is 16.3. The minimum atomic E-state index is -0.135. The van der Waals surface area contributed by atoms with Crippen molar-refractivity contribution in [3.05, 3.63) is 59.8 Å². The smallest absolute Gasteiger partial charge is 0.225 e. The largest absolute Gasteiger partial charge is 0.394 e. The van der Waals surface area contributed by atoms with E-state index in [1.807, 2.05) is 24.3 Å². The van der Waals surface area contributed by atoms with E-state index in [2.05, 4.69) is 78.4 Å². The number of aryl methyl sites for hydroxylation is 1. The molecule has 0 radical (unpaired) electrons. The normalized spacial score (nSPS) is 12.3. The molecule has 1 aromatic carbocycles. The molecule has 6 heteroatoms. The summed E-state index contributed by atoms with van der Waals surface area (Å²) in [7, 11) is 0. The Morgan fingerprint density at radius 3 is 2.37 bits per heavy atom. The van der Waals surface area contributed by atoms with Gasteiger partial charge in [-0.15, -0.1) is 0 Å². The number of aliphatic hydroxyl groups is 1. The third-order valence-corrected chi connectivity index (χ3v) is 5.13. The summed E-state index contributed by atoms with van der Waals surface area (Å²) in [6.45, 7) is 10.6. The van der Waals surface area contributed by atoms with Gasteiger partial charge in [0, 0.05) is 18.0 Å². The highest BCUT2D eigenvalue weighted by molar-refractivity contribution is 5.66. The van der Waals surface area contributed by atoms with E-state index in [9.17, 15) is 5.11 Å². The fourth-order valence-electron chi connectivity index (χ4n) is 3.36. The number of aliphatic hydroxyl groups excluding tert-OH is 1. The van der Waals surface area contributed by atoms with Crippen LogP contribution in [0, 0.1) is 12.8 Å². The lowest BCUT2D eigenvalue weighted by Crippen LogP contribution is -2.30. The number of nitrogens with zero attached hydrogens (tertiary/aromatic N) is 3. The molecule has 1 atom stereocenters. The molecule has 0 bridgehead atoms. The molecule has 0 saturated carbocycles. The van der Waals surface area contributed by atoms with E-state index in [0.717, 1.165) is 11.4 Å². The van der Waals surface area contributed by atoms with E-state index in [-0.39, 0.29) is 18.6 Å². The zero-order chi connectivity index (χ0) is 21.7. The molecule has 0 amide bonds. The van der Waals surface area contributed by atoms with Crippen LogP contribution in [0.25, 0.3) is 11.4 Å². The Hall–Kier alpha value is -2.99. The zero-order valence-corrected chi connectivity index (χ0v) is 18.3. The van der Waals surface area contributed by atoms with Gasteiger partial charge in [0.15, 0.2) is 0 Å². The molecule has 3 rings (SSSR count). The van der Waals surface area contributed by atoms with Crippen molar-refractivity contribution in [1.82, 2.24) is 15.0 Å². The molecular weight excluding hydrogens is 374 g/mol. The number of anilines is 3. The van der Waals surface area contributed by atoms with Crippen LogP contribution in [0.15, 0.2) is 48.7 Å². The van der Waals surface area contributed by atoms with E-state index >= 15 is 0 Å². The Morgan fingerprint density at radius 2 is 1.77 bits per heavy atom. The monoisotopic (exact) mass is 405 g/mol. The Labute approximate surface area is 178 Å². The van der Waals surface area contributed by atoms with Crippen LogP contribution in [0.1, 0.15) is 44.7 Å². The minimum absolute atomic E-state index is 0.00740. The van der Waals surface area contributed by atoms with E-state index in [4.69, 9.17) is 0 Å². The molecule has 0 saturated heterocycles. The van der Waals surface area contributed by atoms with E-state index in [0.29, 0.717) is 23.4 Å². The Balaban J connectivity index is 1.96. The predicted octanol–water partition coefficient (Wildman–Crippen LogP) is 5.14. The number of hydrogen-bond acceptors (Lipinski definition) is 6. The third-order valence-electron chi connectivity index (χ3n) is 5.13. The van der Waals surface area contributed by atoms with Gasteiger partial charge in [-0.2, -0.15) is 4.98 Å². The van der Waals surface area contributed by atoms with Crippen LogP contribution >= 0.6 is 0 Å². The van der Waals surface area contributed by atoms with Gasteiger partial charge in [-0.3, -0.25) is 4.98 Å². The molecule has 0 aliphatic heterocycles. The molecule has 2 aromatic heterocycles. The number of aromatic nitrogens is 3. The maximum Gasteiger partial charge on any atom is 0.225 e. The van der Waals surface area contributed by atoms with Gasteiger partial charge in [0.05, 0.1) is 24.0 Å². The molecule has 3 N–H and O–H groups in total. The molecule has 158 valence electrons. The maximum atomic E-state index is 9.70. The highest BCUT2D eigenvalue weighted by Gasteiger charge is 2.15. The SMILES string of the molecule is Cc1cc(Nc2cc(-c3ccccn3)nc(N[C@H](CO)C(C)C)n2)ccc1C(C)C. The molecule has 6 nitrogen and oxygen atoms in total. The van der Waals surface area contributed by atoms with Crippen LogP contribution in [0.2, 0.25) is 0 Å². The summed E-state index contributed by atoms with van der Waals surface area (Å²) < 4.78 is 0. The van der Waals surface area contributed by atoms with Gasteiger partial charge < -0.3 is 15.7 Å². The lowest BCUT2D eigenvalue weighted by Gasteiger charge is -2.20. The summed E-state index contributed by atoms with van der Waals surface area (Å²) in [6.07, 6.45) is 1.75. The van der Waals surface area contributed by atoms with Gasteiger partial charge in [-0.25, -0.2) is 4.98 Å². The quantitative estimate of drug-likeness (QED) is 0.481. The van der Waals surface area contributed by atoms with Crippen molar-refractivity contribution in [2.45, 2.75) is 46.6 Å². The second kappa shape index (κ2) is 9.67. The van der Waals surface area contributed by atoms with Crippen LogP contribution in [-0.2, 0) is 0 Å². The number of benzene rings is 1. The molecule has 30 heavy (non-hydrogen) atoms. The van der Waals surface area contributed by atoms with E-state index in [1.54, 1.807) is 6.20 Å². The first-order chi connectivity index (χ1) is 14.4. The van der Waals surface area contributed by atoms with Gasteiger partial charge in [0.2, 0.25) is 5.95 Å². The van der Waals surface area contributed by atoms with Gasteiger partial charge >= 0.3 is 0 Å². The summed E-state index contributed by atoms with van der Waals surface area (Å²) in [6, 6.07) is 13.9. The number of rotatable bonds is 8. The van der Waals surface area contributed by atoms with Crippen LogP contribution in [0.4, 0.5) is 17.5 Å². The maximum absolute atomic E-state index is 9.70. The van der Waals surface area contributed by atoms with Crippen molar-refractivity contribution in [2.75, 3.05) is 17.2 Å². The second-order valence-electron chi connectivity index (χ2n) is 8.21. The topological polar surface area (TPSA) is 83.0 Å². The van der Waals surface area contributed by atoms with Crippen molar-refractivity contribution >= 4 is 17.5 Å². The van der Waals surface area contributed by atoms with Crippen molar-refractivity contribution in [3.8, 4) is 11.4 Å². The van der Waals surface area contributed by atoms with Gasteiger partial charge in [-0.1, -0.05) is 39.8 Å². The standard InChI is InChI=1S/C24H31N5O/c1-15(2)19-10-9-18(12-17(19)5)26-23-13-21(20-8-6-7-11-25-20)27-24(29-23)28-22(14-30)16(3)4/h6-13,15-16,22,30H,14H2,1-5H3,(H2,26,27,28,29)/t22-/m1/s1. The fourth-order valence-corrected chi connectivity index (χ4v) is 3.36.